The molecule has 0 fully saturated rings. The molecule has 106 valence electrons. The van der Waals surface area contributed by atoms with Crippen molar-refractivity contribution < 1.29 is 4.79 Å². The van der Waals surface area contributed by atoms with Gasteiger partial charge in [-0.25, -0.2) is 0 Å². The van der Waals surface area contributed by atoms with E-state index in [1.807, 2.05) is 60.3 Å². The van der Waals surface area contributed by atoms with Crippen LogP contribution in [0.25, 0.3) is 10.9 Å². The smallest absolute Gasteiger partial charge is 0.169 e. The predicted octanol–water partition coefficient (Wildman–Crippen LogP) is 3.56. The minimum Gasteiger partial charge on any atom is -0.294 e. The lowest BCUT2D eigenvalue weighted by molar-refractivity contribution is 0.0991. The summed E-state index contributed by atoms with van der Waals surface area (Å²) in [5, 5.41) is 5.56. The number of fused-ring (bicyclic) bond motifs is 1. The second kappa shape index (κ2) is 5.52. The van der Waals surface area contributed by atoms with Crippen LogP contribution in [0, 0.1) is 0 Å². The average molecular weight is 278 g/mol. The molecular formula is C18H18N2O. The lowest BCUT2D eigenvalue weighted by atomic mass is 9.98. The highest BCUT2D eigenvalue weighted by Gasteiger charge is 2.15. The number of carbonyl (C=O) groups is 1. The fourth-order valence-electron chi connectivity index (χ4n) is 2.77. The maximum absolute atomic E-state index is 12.6. The van der Waals surface area contributed by atoms with Crippen LogP contribution in [0.1, 0.15) is 28.5 Å². The second-order valence-corrected chi connectivity index (χ2v) is 5.20. The lowest BCUT2D eigenvalue weighted by Crippen LogP contribution is -2.07. The Kier molecular flexibility index (Phi) is 3.57. The molecule has 0 spiro atoms. The summed E-state index contributed by atoms with van der Waals surface area (Å²) in [5.74, 6) is 0.135. The molecule has 3 rings (SSSR count). The Morgan fingerprint density at radius 3 is 2.62 bits per heavy atom. The van der Waals surface area contributed by atoms with Gasteiger partial charge in [0.15, 0.2) is 5.78 Å². The van der Waals surface area contributed by atoms with Crippen molar-refractivity contribution in [2.45, 2.75) is 19.8 Å². The third-order valence-corrected chi connectivity index (χ3v) is 3.86. The quantitative estimate of drug-likeness (QED) is 0.684. The molecule has 0 unspecified atom stereocenters. The topological polar surface area (TPSA) is 34.9 Å². The van der Waals surface area contributed by atoms with Gasteiger partial charge in [0.05, 0.1) is 17.6 Å². The molecule has 0 saturated heterocycles. The number of rotatable bonds is 4. The summed E-state index contributed by atoms with van der Waals surface area (Å²) < 4.78 is 1.84. The fraction of sp³-hybridized carbons (Fsp3) is 0.222. The van der Waals surface area contributed by atoms with E-state index in [0.717, 1.165) is 34.1 Å². The highest BCUT2D eigenvalue weighted by Crippen LogP contribution is 2.20. The van der Waals surface area contributed by atoms with Crippen LogP contribution in [0.4, 0.5) is 0 Å². The maximum Gasteiger partial charge on any atom is 0.169 e. The van der Waals surface area contributed by atoms with Gasteiger partial charge in [0, 0.05) is 18.0 Å². The Labute approximate surface area is 124 Å². The Bertz CT molecular complexity index is 802. The number of Topliss-reactive ketones (excluding diaryl/α,β-unsaturated/α-hetero) is 1. The molecule has 3 nitrogen and oxygen atoms in total. The molecule has 1 heterocycles. The first-order chi connectivity index (χ1) is 10.2. The number of benzene rings is 2. The molecule has 1 aromatic heterocycles. The molecule has 0 radical (unpaired) electrons. The van der Waals surface area contributed by atoms with Gasteiger partial charge in [-0.05, 0) is 18.1 Å². The number of aryl methyl sites for hydroxylation is 2. The highest BCUT2D eigenvalue weighted by molar-refractivity contribution is 6.00. The van der Waals surface area contributed by atoms with E-state index in [0.29, 0.717) is 6.42 Å². The predicted molar refractivity (Wildman–Crippen MR) is 84.6 cm³/mol. The van der Waals surface area contributed by atoms with Gasteiger partial charge in [0.2, 0.25) is 0 Å². The number of nitrogens with zero attached hydrogens (tertiary/aromatic N) is 2. The Morgan fingerprint density at radius 1 is 1.10 bits per heavy atom. The molecule has 0 atom stereocenters. The lowest BCUT2D eigenvalue weighted by Gasteiger charge is -2.05. The zero-order valence-corrected chi connectivity index (χ0v) is 12.3. The van der Waals surface area contributed by atoms with Crippen molar-refractivity contribution in [3.63, 3.8) is 0 Å². The van der Waals surface area contributed by atoms with E-state index >= 15 is 0 Å². The van der Waals surface area contributed by atoms with Crippen molar-refractivity contribution in [3.05, 3.63) is 65.4 Å². The van der Waals surface area contributed by atoms with E-state index in [4.69, 9.17) is 0 Å². The summed E-state index contributed by atoms with van der Waals surface area (Å²) >= 11 is 0. The van der Waals surface area contributed by atoms with Gasteiger partial charge < -0.3 is 0 Å². The molecule has 0 saturated carbocycles. The minimum absolute atomic E-state index is 0.135. The summed E-state index contributed by atoms with van der Waals surface area (Å²) in [5.41, 5.74) is 3.82. The number of para-hydroxylation sites is 1. The molecule has 3 aromatic rings. The van der Waals surface area contributed by atoms with Crippen LogP contribution < -0.4 is 0 Å². The Balaban J connectivity index is 1.97. The Morgan fingerprint density at radius 2 is 1.81 bits per heavy atom. The van der Waals surface area contributed by atoms with Gasteiger partial charge in [0.1, 0.15) is 0 Å². The van der Waals surface area contributed by atoms with Gasteiger partial charge in [0.25, 0.3) is 0 Å². The molecule has 21 heavy (non-hydrogen) atoms. The molecule has 2 aromatic carbocycles. The molecule has 0 N–H and O–H groups in total. The summed E-state index contributed by atoms with van der Waals surface area (Å²) in [4.78, 5) is 12.6. The van der Waals surface area contributed by atoms with Crippen molar-refractivity contribution in [2.24, 2.45) is 7.05 Å². The van der Waals surface area contributed by atoms with Gasteiger partial charge in [-0.2, -0.15) is 5.10 Å². The number of hydrogen-bond donors (Lipinski definition) is 0. The molecule has 0 amide bonds. The third kappa shape index (κ3) is 2.47. The molecule has 0 bridgehead atoms. The van der Waals surface area contributed by atoms with Gasteiger partial charge in [-0.3, -0.25) is 9.48 Å². The van der Waals surface area contributed by atoms with Crippen LogP contribution in [0.2, 0.25) is 0 Å². The summed E-state index contributed by atoms with van der Waals surface area (Å²) in [6.07, 6.45) is 1.21. The van der Waals surface area contributed by atoms with Crippen molar-refractivity contribution in [2.75, 3.05) is 0 Å². The van der Waals surface area contributed by atoms with Crippen LogP contribution in [-0.2, 0) is 19.9 Å². The van der Waals surface area contributed by atoms with E-state index in [1.54, 1.807) is 0 Å². The number of carbonyl (C=O) groups excluding carboxylic acids is 1. The minimum atomic E-state index is 0.135. The van der Waals surface area contributed by atoms with Crippen molar-refractivity contribution in [1.29, 1.82) is 0 Å². The summed E-state index contributed by atoms with van der Waals surface area (Å²) in [6, 6.07) is 15.8. The van der Waals surface area contributed by atoms with Crippen LogP contribution in [-0.4, -0.2) is 15.6 Å². The van der Waals surface area contributed by atoms with Crippen LogP contribution in [0.5, 0.6) is 0 Å². The van der Waals surface area contributed by atoms with Gasteiger partial charge in [-0.1, -0.05) is 49.4 Å². The molecular weight excluding hydrogens is 260 g/mol. The number of aromatic nitrogens is 2. The molecule has 0 aliphatic rings. The number of hydrogen-bond acceptors (Lipinski definition) is 2. The average Bonchev–Trinajstić information content (AvgIpc) is 2.84. The normalized spacial score (nSPS) is 11.0. The van der Waals surface area contributed by atoms with E-state index < -0.39 is 0 Å². The first-order valence-corrected chi connectivity index (χ1v) is 7.22. The SMILES string of the molecule is CCc1ccccc1C(=O)Cc1nn(C)c2ccccc12. The van der Waals surface area contributed by atoms with Crippen LogP contribution in [0.3, 0.4) is 0 Å². The van der Waals surface area contributed by atoms with Crippen molar-refractivity contribution >= 4 is 16.7 Å². The van der Waals surface area contributed by atoms with Crippen LogP contribution >= 0.6 is 0 Å². The molecule has 0 aliphatic carbocycles. The second-order valence-electron chi connectivity index (χ2n) is 5.20. The highest BCUT2D eigenvalue weighted by atomic mass is 16.1. The largest absolute Gasteiger partial charge is 0.294 e. The van der Waals surface area contributed by atoms with Gasteiger partial charge >= 0.3 is 0 Å². The zero-order valence-electron chi connectivity index (χ0n) is 12.3. The monoisotopic (exact) mass is 278 g/mol. The molecule has 0 aliphatic heterocycles. The maximum atomic E-state index is 12.6. The molecule has 3 heteroatoms. The number of ketones is 1. The van der Waals surface area contributed by atoms with Crippen molar-refractivity contribution in [3.8, 4) is 0 Å². The fourth-order valence-corrected chi connectivity index (χ4v) is 2.77. The first-order valence-electron chi connectivity index (χ1n) is 7.22. The summed E-state index contributed by atoms with van der Waals surface area (Å²) in [6.45, 7) is 2.07. The first kappa shape index (κ1) is 13.6. The van der Waals surface area contributed by atoms with Crippen LogP contribution in [0.15, 0.2) is 48.5 Å². The van der Waals surface area contributed by atoms with E-state index in [-0.39, 0.29) is 5.78 Å². The third-order valence-electron chi connectivity index (χ3n) is 3.86. The zero-order chi connectivity index (χ0) is 14.8. The van der Waals surface area contributed by atoms with E-state index in [2.05, 4.69) is 12.0 Å². The Hall–Kier alpha value is -2.42. The van der Waals surface area contributed by atoms with Gasteiger partial charge in [-0.15, -0.1) is 0 Å². The van der Waals surface area contributed by atoms with E-state index in [9.17, 15) is 4.79 Å². The van der Waals surface area contributed by atoms with E-state index in [1.165, 1.54) is 0 Å². The standard InChI is InChI=1S/C18H18N2O/c1-3-13-8-4-5-9-14(13)18(21)12-16-15-10-6-7-11-17(15)20(2)19-16/h4-11H,3,12H2,1-2H3. The summed E-state index contributed by atoms with van der Waals surface area (Å²) in [7, 11) is 1.91. The van der Waals surface area contributed by atoms with Crippen molar-refractivity contribution in [1.82, 2.24) is 9.78 Å².